The van der Waals surface area contributed by atoms with Crippen molar-refractivity contribution in [2.75, 3.05) is 19.6 Å². The van der Waals surface area contributed by atoms with E-state index in [1.54, 1.807) is 0 Å². The summed E-state index contributed by atoms with van der Waals surface area (Å²) in [4.78, 5) is 2.67. The van der Waals surface area contributed by atoms with Crippen LogP contribution in [-0.4, -0.2) is 36.6 Å². The summed E-state index contributed by atoms with van der Waals surface area (Å²) in [6, 6.07) is 1.40. The van der Waals surface area contributed by atoms with E-state index in [-0.39, 0.29) is 0 Å². The maximum atomic E-state index is 3.60. The summed E-state index contributed by atoms with van der Waals surface area (Å²) in [5, 5.41) is 3.60. The molecule has 0 aromatic heterocycles. The van der Waals surface area contributed by atoms with Gasteiger partial charge in [-0.05, 0) is 38.1 Å². The molecule has 1 N–H and O–H groups in total. The Morgan fingerprint density at radius 1 is 1.44 bits per heavy atom. The average Bonchev–Trinajstić information content (AvgIpc) is 2.62. The van der Waals surface area contributed by atoms with Gasteiger partial charge in [-0.1, -0.05) is 27.7 Å². The monoisotopic (exact) mass is 226 g/mol. The fraction of sp³-hybridized carbons (Fsp3) is 1.00. The Balaban J connectivity index is 2.45. The van der Waals surface area contributed by atoms with Gasteiger partial charge in [0.05, 0.1) is 0 Å². The van der Waals surface area contributed by atoms with Crippen LogP contribution in [0.2, 0.25) is 0 Å². The molecule has 0 aromatic rings. The van der Waals surface area contributed by atoms with Crippen LogP contribution in [0, 0.1) is 5.41 Å². The molecule has 0 amide bonds. The van der Waals surface area contributed by atoms with E-state index in [0.717, 1.165) is 12.6 Å². The van der Waals surface area contributed by atoms with Crippen molar-refractivity contribution < 1.29 is 0 Å². The van der Waals surface area contributed by atoms with Crippen molar-refractivity contribution in [3.05, 3.63) is 0 Å². The summed E-state index contributed by atoms with van der Waals surface area (Å²) in [5.41, 5.74) is 0.433. The molecule has 0 aliphatic carbocycles. The van der Waals surface area contributed by atoms with Crippen molar-refractivity contribution in [3.8, 4) is 0 Å². The van der Waals surface area contributed by atoms with Gasteiger partial charge in [-0.3, -0.25) is 0 Å². The second kappa shape index (κ2) is 6.02. The molecular formula is C14H30N2. The van der Waals surface area contributed by atoms with E-state index >= 15 is 0 Å². The van der Waals surface area contributed by atoms with Crippen LogP contribution in [0.25, 0.3) is 0 Å². The minimum absolute atomic E-state index is 0.433. The van der Waals surface area contributed by atoms with Crippen LogP contribution < -0.4 is 5.32 Å². The zero-order chi connectivity index (χ0) is 12.2. The van der Waals surface area contributed by atoms with Crippen molar-refractivity contribution in [2.45, 2.75) is 66.0 Å². The molecule has 1 saturated heterocycles. The topological polar surface area (TPSA) is 15.3 Å². The first-order valence-corrected chi connectivity index (χ1v) is 6.94. The summed E-state index contributed by atoms with van der Waals surface area (Å²) in [7, 11) is 0. The first-order chi connectivity index (χ1) is 7.47. The normalized spacial score (nSPS) is 26.2. The molecule has 1 aliphatic rings. The highest BCUT2D eigenvalue weighted by molar-refractivity contribution is 4.85. The number of rotatable bonds is 6. The second-order valence-electron chi connectivity index (χ2n) is 6.16. The molecule has 1 fully saturated rings. The van der Waals surface area contributed by atoms with Crippen LogP contribution in [0.3, 0.4) is 0 Å². The van der Waals surface area contributed by atoms with Crippen LogP contribution in [-0.2, 0) is 0 Å². The smallest absolute Gasteiger partial charge is 0.00676 e. The highest BCUT2D eigenvalue weighted by Crippen LogP contribution is 2.26. The molecule has 0 saturated carbocycles. The maximum Gasteiger partial charge on any atom is 0.00676 e. The number of likely N-dealkylation sites (tertiary alicyclic amines) is 1. The number of nitrogens with zero attached hydrogens (tertiary/aromatic N) is 1. The fourth-order valence-electron chi connectivity index (χ4n) is 2.46. The zero-order valence-electron chi connectivity index (χ0n) is 11.8. The highest BCUT2D eigenvalue weighted by atomic mass is 15.2. The summed E-state index contributed by atoms with van der Waals surface area (Å²) in [6.07, 6.45) is 4.03. The molecule has 0 aromatic carbocycles. The molecule has 2 unspecified atom stereocenters. The Kier molecular flexibility index (Phi) is 5.26. The molecule has 16 heavy (non-hydrogen) atoms. The third-order valence-electron chi connectivity index (χ3n) is 4.07. The second-order valence-corrected chi connectivity index (χ2v) is 6.16. The van der Waals surface area contributed by atoms with Gasteiger partial charge in [0.1, 0.15) is 0 Å². The van der Waals surface area contributed by atoms with E-state index in [1.807, 2.05) is 0 Å². The van der Waals surface area contributed by atoms with Gasteiger partial charge in [0.2, 0.25) is 0 Å². The summed E-state index contributed by atoms with van der Waals surface area (Å²) in [6.45, 7) is 15.3. The lowest BCUT2D eigenvalue weighted by molar-refractivity contribution is 0.148. The van der Waals surface area contributed by atoms with Crippen molar-refractivity contribution in [1.29, 1.82) is 0 Å². The molecule has 0 radical (unpaired) electrons. The van der Waals surface area contributed by atoms with Crippen molar-refractivity contribution in [2.24, 2.45) is 5.41 Å². The first kappa shape index (κ1) is 14.0. The molecule has 2 atom stereocenters. The van der Waals surface area contributed by atoms with Gasteiger partial charge in [0.25, 0.3) is 0 Å². The summed E-state index contributed by atoms with van der Waals surface area (Å²) in [5.74, 6) is 0. The maximum absolute atomic E-state index is 3.60. The minimum Gasteiger partial charge on any atom is -0.314 e. The molecule has 1 heterocycles. The standard InChI is InChI=1S/C14H30N2/c1-6-14(5,10-15-12(2)3)11-16-9-7-8-13(16)4/h12-13,15H,6-11H2,1-5H3. The molecule has 2 heteroatoms. The molecule has 1 rings (SSSR count). The highest BCUT2D eigenvalue weighted by Gasteiger charge is 2.29. The Hall–Kier alpha value is -0.0800. The van der Waals surface area contributed by atoms with Crippen LogP contribution in [0.4, 0.5) is 0 Å². The Morgan fingerprint density at radius 2 is 2.12 bits per heavy atom. The number of hydrogen-bond donors (Lipinski definition) is 1. The van der Waals surface area contributed by atoms with E-state index < -0.39 is 0 Å². The number of nitrogens with one attached hydrogen (secondary N) is 1. The van der Waals surface area contributed by atoms with Gasteiger partial charge < -0.3 is 10.2 Å². The van der Waals surface area contributed by atoms with E-state index in [9.17, 15) is 0 Å². The van der Waals surface area contributed by atoms with Crippen molar-refractivity contribution in [3.63, 3.8) is 0 Å². The van der Waals surface area contributed by atoms with E-state index in [1.165, 1.54) is 32.4 Å². The molecule has 0 bridgehead atoms. The Morgan fingerprint density at radius 3 is 2.56 bits per heavy atom. The predicted octanol–water partition coefficient (Wildman–Crippen LogP) is 2.89. The SMILES string of the molecule is CCC(C)(CNC(C)C)CN1CCCC1C. The largest absolute Gasteiger partial charge is 0.314 e. The van der Waals surface area contributed by atoms with Gasteiger partial charge in [-0.15, -0.1) is 0 Å². The molecular weight excluding hydrogens is 196 g/mol. The summed E-state index contributed by atoms with van der Waals surface area (Å²) >= 11 is 0. The first-order valence-electron chi connectivity index (χ1n) is 6.94. The lowest BCUT2D eigenvalue weighted by atomic mass is 9.86. The summed E-state index contributed by atoms with van der Waals surface area (Å²) < 4.78 is 0. The fourth-order valence-corrected chi connectivity index (χ4v) is 2.46. The molecule has 96 valence electrons. The van der Waals surface area contributed by atoms with Gasteiger partial charge in [-0.25, -0.2) is 0 Å². The van der Waals surface area contributed by atoms with Crippen LogP contribution in [0.1, 0.15) is 53.9 Å². The Labute approximate surface area is 102 Å². The third kappa shape index (κ3) is 4.06. The Bertz CT molecular complexity index is 203. The van der Waals surface area contributed by atoms with Gasteiger partial charge >= 0.3 is 0 Å². The van der Waals surface area contributed by atoms with Crippen molar-refractivity contribution in [1.82, 2.24) is 10.2 Å². The van der Waals surface area contributed by atoms with Crippen LogP contribution in [0.5, 0.6) is 0 Å². The zero-order valence-corrected chi connectivity index (χ0v) is 11.8. The van der Waals surface area contributed by atoms with Gasteiger partial charge in [0, 0.05) is 25.2 Å². The van der Waals surface area contributed by atoms with E-state index in [0.29, 0.717) is 11.5 Å². The molecule has 0 spiro atoms. The van der Waals surface area contributed by atoms with Gasteiger partial charge in [-0.2, -0.15) is 0 Å². The molecule has 2 nitrogen and oxygen atoms in total. The van der Waals surface area contributed by atoms with Gasteiger partial charge in [0.15, 0.2) is 0 Å². The lowest BCUT2D eigenvalue weighted by Gasteiger charge is -2.35. The lowest BCUT2D eigenvalue weighted by Crippen LogP contribution is -2.44. The quantitative estimate of drug-likeness (QED) is 0.749. The van der Waals surface area contributed by atoms with Crippen LogP contribution >= 0.6 is 0 Å². The predicted molar refractivity (Wildman–Crippen MR) is 71.8 cm³/mol. The van der Waals surface area contributed by atoms with Crippen LogP contribution in [0.15, 0.2) is 0 Å². The van der Waals surface area contributed by atoms with E-state index in [2.05, 4.69) is 44.8 Å². The van der Waals surface area contributed by atoms with Crippen molar-refractivity contribution >= 4 is 0 Å². The average molecular weight is 226 g/mol. The molecule has 1 aliphatic heterocycles. The van der Waals surface area contributed by atoms with E-state index in [4.69, 9.17) is 0 Å². The third-order valence-corrected chi connectivity index (χ3v) is 4.07. The number of hydrogen-bond acceptors (Lipinski definition) is 2. The minimum atomic E-state index is 0.433.